The number of thiophene rings is 1. The van der Waals surface area contributed by atoms with Crippen LogP contribution in [0.15, 0.2) is 54.6 Å². The number of rotatable bonds is 6. The monoisotopic (exact) mass is 395 g/mol. The van der Waals surface area contributed by atoms with Gasteiger partial charge in [-0.15, -0.1) is 11.3 Å². The molecule has 0 aliphatic carbocycles. The van der Waals surface area contributed by atoms with E-state index >= 15 is 0 Å². The molecule has 1 fully saturated rings. The molecule has 2 heterocycles. The Labute approximate surface area is 169 Å². The van der Waals surface area contributed by atoms with Gasteiger partial charge in [0.2, 0.25) is 0 Å². The van der Waals surface area contributed by atoms with Gasteiger partial charge in [-0.05, 0) is 61.5 Å². The lowest BCUT2D eigenvalue weighted by Gasteiger charge is -2.39. The predicted molar refractivity (Wildman–Crippen MR) is 113 cm³/mol. The number of piperidine rings is 1. The lowest BCUT2D eigenvalue weighted by molar-refractivity contribution is -0.145. The van der Waals surface area contributed by atoms with Crippen molar-refractivity contribution in [2.24, 2.45) is 0 Å². The maximum atomic E-state index is 12.0. The number of hydrogen-bond donors (Lipinski definition) is 1. The van der Waals surface area contributed by atoms with Crippen molar-refractivity contribution in [3.8, 4) is 5.75 Å². The van der Waals surface area contributed by atoms with Crippen LogP contribution in [0.5, 0.6) is 5.75 Å². The number of likely N-dealkylation sites (tertiary alicyclic amines) is 1. The fourth-order valence-electron chi connectivity index (χ4n) is 4.10. The van der Waals surface area contributed by atoms with Gasteiger partial charge in [-0.25, -0.2) is 0 Å². The molecule has 146 valence electrons. The fourth-order valence-corrected chi connectivity index (χ4v) is 5.31. The lowest BCUT2D eigenvalue weighted by atomic mass is 9.95. The molecule has 1 N–H and O–H groups in total. The number of ether oxygens (including phenoxy) is 1. The zero-order valence-corrected chi connectivity index (χ0v) is 16.8. The molecule has 1 aromatic heterocycles. The summed E-state index contributed by atoms with van der Waals surface area (Å²) in [4.78, 5) is 15.4. The minimum Gasteiger partial charge on any atom is -0.494 e. The van der Waals surface area contributed by atoms with Gasteiger partial charge in [-0.3, -0.25) is 9.69 Å². The highest BCUT2D eigenvalue weighted by molar-refractivity contribution is 7.19. The second-order valence-electron chi connectivity index (χ2n) is 7.18. The summed E-state index contributed by atoms with van der Waals surface area (Å²) < 4.78 is 6.83. The molecule has 2 unspecified atom stereocenters. The Morgan fingerprint density at radius 1 is 1.21 bits per heavy atom. The maximum absolute atomic E-state index is 12.0. The number of aliphatic carboxylic acids is 1. The Balaban J connectivity index is 1.78. The Morgan fingerprint density at radius 3 is 2.71 bits per heavy atom. The highest BCUT2D eigenvalue weighted by atomic mass is 32.1. The molecule has 0 bridgehead atoms. The highest BCUT2D eigenvalue weighted by Crippen LogP contribution is 2.40. The third-order valence-corrected chi connectivity index (χ3v) is 6.55. The second-order valence-corrected chi connectivity index (χ2v) is 8.29. The van der Waals surface area contributed by atoms with E-state index in [2.05, 4.69) is 41.3 Å². The maximum Gasteiger partial charge on any atom is 0.320 e. The number of hydrogen-bond acceptors (Lipinski definition) is 4. The first-order chi connectivity index (χ1) is 13.7. The summed E-state index contributed by atoms with van der Waals surface area (Å²) in [5, 5.41) is 11.1. The van der Waals surface area contributed by atoms with E-state index in [9.17, 15) is 9.90 Å². The number of fused-ring (bicyclic) bond motifs is 1. The highest BCUT2D eigenvalue weighted by Gasteiger charge is 2.35. The van der Waals surface area contributed by atoms with E-state index in [0.29, 0.717) is 13.0 Å². The molecular formula is C23H25NO3S. The SMILES string of the molecule is CCOc1ccc(C(c2cc3ccccc3s2)N2CCCCC2C(=O)O)cc1. The van der Waals surface area contributed by atoms with E-state index in [-0.39, 0.29) is 6.04 Å². The zero-order chi connectivity index (χ0) is 19.5. The first-order valence-corrected chi connectivity index (χ1v) is 10.7. The molecule has 0 radical (unpaired) electrons. The van der Waals surface area contributed by atoms with Gasteiger partial charge in [-0.2, -0.15) is 0 Å². The summed E-state index contributed by atoms with van der Waals surface area (Å²) >= 11 is 1.76. The summed E-state index contributed by atoms with van der Waals surface area (Å²) in [6, 6.07) is 18.2. The second kappa shape index (κ2) is 8.33. The van der Waals surface area contributed by atoms with E-state index in [1.165, 1.54) is 15.0 Å². The van der Waals surface area contributed by atoms with Crippen molar-refractivity contribution < 1.29 is 14.6 Å². The van der Waals surface area contributed by atoms with Gasteiger partial charge in [0.05, 0.1) is 12.6 Å². The van der Waals surface area contributed by atoms with Gasteiger partial charge in [0.15, 0.2) is 0 Å². The molecule has 1 saturated heterocycles. The molecule has 3 aromatic rings. The van der Waals surface area contributed by atoms with E-state index < -0.39 is 12.0 Å². The average molecular weight is 396 g/mol. The Kier molecular flexibility index (Phi) is 5.64. The molecule has 2 atom stereocenters. The van der Waals surface area contributed by atoms with Gasteiger partial charge in [0, 0.05) is 9.58 Å². The molecule has 0 saturated carbocycles. The van der Waals surface area contributed by atoms with Gasteiger partial charge >= 0.3 is 5.97 Å². The molecule has 4 rings (SSSR count). The van der Waals surface area contributed by atoms with Crippen LogP contribution in [0.2, 0.25) is 0 Å². The van der Waals surface area contributed by atoms with Gasteiger partial charge in [0.1, 0.15) is 11.8 Å². The predicted octanol–water partition coefficient (Wildman–Crippen LogP) is 5.33. The van der Waals surface area contributed by atoms with Crippen molar-refractivity contribution in [1.29, 1.82) is 0 Å². The van der Waals surface area contributed by atoms with Gasteiger partial charge in [0.25, 0.3) is 0 Å². The minimum absolute atomic E-state index is 0.0607. The average Bonchev–Trinajstić information content (AvgIpc) is 3.13. The number of carbonyl (C=O) groups is 1. The van der Waals surface area contributed by atoms with E-state index in [1.54, 1.807) is 11.3 Å². The van der Waals surface area contributed by atoms with E-state index in [1.807, 2.05) is 25.1 Å². The topological polar surface area (TPSA) is 49.8 Å². The molecule has 5 heteroatoms. The molecule has 28 heavy (non-hydrogen) atoms. The van der Waals surface area contributed by atoms with Crippen molar-refractivity contribution in [3.63, 3.8) is 0 Å². The molecule has 2 aromatic carbocycles. The summed E-state index contributed by atoms with van der Waals surface area (Å²) in [5.74, 6) is 0.117. The quantitative estimate of drug-likeness (QED) is 0.613. The minimum atomic E-state index is -0.725. The molecular weight excluding hydrogens is 370 g/mol. The van der Waals surface area contributed by atoms with Gasteiger partial charge in [-0.1, -0.05) is 36.8 Å². The lowest BCUT2D eigenvalue weighted by Crippen LogP contribution is -2.46. The zero-order valence-electron chi connectivity index (χ0n) is 16.0. The fraction of sp³-hybridized carbons (Fsp3) is 0.348. The largest absolute Gasteiger partial charge is 0.494 e. The number of benzene rings is 2. The summed E-state index contributed by atoms with van der Waals surface area (Å²) in [6.45, 7) is 3.40. The summed E-state index contributed by atoms with van der Waals surface area (Å²) in [6.07, 6.45) is 2.70. The molecule has 0 amide bonds. The molecule has 1 aliphatic heterocycles. The molecule has 0 spiro atoms. The number of nitrogens with zero attached hydrogens (tertiary/aromatic N) is 1. The van der Waals surface area contributed by atoms with Crippen LogP contribution >= 0.6 is 11.3 Å². The van der Waals surface area contributed by atoms with E-state index in [4.69, 9.17) is 4.74 Å². The smallest absolute Gasteiger partial charge is 0.320 e. The number of carboxylic acid groups (broad SMARTS) is 1. The van der Waals surface area contributed by atoms with Crippen LogP contribution in [0.3, 0.4) is 0 Å². The first kappa shape index (κ1) is 19.0. The Hall–Kier alpha value is -2.37. The number of carboxylic acids is 1. The van der Waals surface area contributed by atoms with Crippen molar-refractivity contribution in [2.75, 3.05) is 13.2 Å². The van der Waals surface area contributed by atoms with Crippen LogP contribution in [0, 0.1) is 0 Å². The van der Waals surface area contributed by atoms with Crippen LogP contribution in [0.4, 0.5) is 0 Å². The normalized spacial score (nSPS) is 18.8. The van der Waals surface area contributed by atoms with Crippen LogP contribution in [0.1, 0.15) is 42.7 Å². The van der Waals surface area contributed by atoms with Crippen molar-refractivity contribution >= 4 is 27.4 Å². The van der Waals surface area contributed by atoms with Crippen molar-refractivity contribution in [3.05, 3.63) is 65.0 Å². The van der Waals surface area contributed by atoms with Crippen LogP contribution < -0.4 is 4.74 Å². The van der Waals surface area contributed by atoms with Crippen LogP contribution in [0.25, 0.3) is 10.1 Å². The Bertz CT molecular complexity index is 917. The summed E-state index contributed by atoms with van der Waals surface area (Å²) in [5.41, 5.74) is 1.11. The van der Waals surface area contributed by atoms with Crippen LogP contribution in [-0.4, -0.2) is 35.2 Å². The van der Waals surface area contributed by atoms with Crippen molar-refractivity contribution in [1.82, 2.24) is 4.90 Å². The Morgan fingerprint density at radius 2 is 2.00 bits per heavy atom. The molecule has 1 aliphatic rings. The van der Waals surface area contributed by atoms with Gasteiger partial charge < -0.3 is 9.84 Å². The van der Waals surface area contributed by atoms with E-state index in [0.717, 1.165) is 30.7 Å². The summed E-state index contributed by atoms with van der Waals surface area (Å²) in [7, 11) is 0. The third kappa shape index (κ3) is 3.77. The standard InChI is InChI=1S/C23H25NO3S/c1-2-27-18-12-10-16(11-13-18)22(24-14-6-5-8-19(24)23(25)26)21-15-17-7-3-4-9-20(17)28-21/h3-4,7,9-13,15,19,22H,2,5-6,8,14H2,1H3,(H,25,26). The van der Waals surface area contributed by atoms with Crippen molar-refractivity contribution in [2.45, 2.75) is 38.3 Å². The molecule has 4 nitrogen and oxygen atoms in total. The van der Waals surface area contributed by atoms with Crippen LogP contribution in [-0.2, 0) is 4.79 Å². The third-order valence-electron chi connectivity index (χ3n) is 5.38. The first-order valence-electron chi connectivity index (χ1n) is 9.87.